The third-order valence-electron chi connectivity index (χ3n) is 2.70. The second-order valence-corrected chi connectivity index (χ2v) is 5.11. The zero-order valence-corrected chi connectivity index (χ0v) is 12.6. The summed E-state index contributed by atoms with van der Waals surface area (Å²) in [5.74, 6) is 4.51. The Morgan fingerprint density at radius 3 is 2.81 bits per heavy atom. The summed E-state index contributed by atoms with van der Waals surface area (Å²) < 4.78 is 13.8. The molecule has 2 N–H and O–H groups in total. The molecule has 0 bridgehead atoms. The molecule has 0 aliphatic carbocycles. The fraction of sp³-hybridized carbons (Fsp3) is 0.438. The molecule has 0 aromatic heterocycles. The number of halogens is 1. The van der Waals surface area contributed by atoms with Crippen LogP contribution in [0.5, 0.6) is 0 Å². The normalized spacial score (nSPS) is 11.7. The van der Waals surface area contributed by atoms with E-state index < -0.39 is 11.7 Å². The lowest BCUT2D eigenvalue weighted by molar-refractivity contribution is 0.0930. The summed E-state index contributed by atoms with van der Waals surface area (Å²) >= 11 is 0. The van der Waals surface area contributed by atoms with E-state index in [9.17, 15) is 9.18 Å². The number of carbonyl (C=O) groups excluding carboxylic acids is 1. The highest BCUT2D eigenvalue weighted by Crippen LogP contribution is 2.10. The molecule has 1 atom stereocenters. The predicted molar refractivity (Wildman–Crippen MR) is 80.5 cm³/mol. The quantitative estimate of drug-likeness (QED) is 0.803. The van der Waals surface area contributed by atoms with E-state index in [1.54, 1.807) is 0 Å². The molecule has 1 amide bonds. The van der Waals surface area contributed by atoms with Crippen molar-refractivity contribution in [2.75, 3.05) is 27.2 Å². The van der Waals surface area contributed by atoms with Crippen LogP contribution < -0.4 is 5.32 Å². The molecule has 5 heteroatoms. The van der Waals surface area contributed by atoms with Crippen LogP contribution in [0.3, 0.4) is 0 Å². The average molecular weight is 292 g/mol. The molecule has 0 heterocycles. The van der Waals surface area contributed by atoms with Crippen LogP contribution in [0.25, 0.3) is 0 Å². The number of aliphatic hydroxyl groups is 1. The van der Waals surface area contributed by atoms with Gasteiger partial charge in [0, 0.05) is 24.6 Å². The molecule has 0 fully saturated rings. The number of nitrogens with one attached hydrogen (secondary N) is 1. The Bertz CT molecular complexity index is 547. The molecule has 114 valence electrons. The van der Waals surface area contributed by atoms with Crippen LogP contribution in [0.15, 0.2) is 18.2 Å². The number of hydrogen-bond donors (Lipinski definition) is 2. The van der Waals surface area contributed by atoms with E-state index in [0.29, 0.717) is 18.5 Å². The number of aliphatic hydroxyl groups excluding tert-OH is 1. The van der Waals surface area contributed by atoms with Crippen LogP contribution >= 0.6 is 0 Å². The molecule has 0 saturated heterocycles. The Morgan fingerprint density at radius 2 is 2.19 bits per heavy atom. The fourth-order valence-corrected chi connectivity index (χ4v) is 1.89. The first-order valence-electron chi connectivity index (χ1n) is 6.79. The van der Waals surface area contributed by atoms with Crippen LogP contribution in [0.4, 0.5) is 4.39 Å². The minimum Gasteiger partial charge on any atom is -0.395 e. The molecular formula is C16H21FN2O2. The molecule has 1 rings (SSSR count). The average Bonchev–Trinajstić information content (AvgIpc) is 2.39. The van der Waals surface area contributed by atoms with Crippen molar-refractivity contribution in [1.82, 2.24) is 10.2 Å². The second-order valence-electron chi connectivity index (χ2n) is 5.11. The number of hydrogen-bond acceptors (Lipinski definition) is 3. The van der Waals surface area contributed by atoms with Crippen molar-refractivity contribution in [2.45, 2.75) is 19.4 Å². The molecule has 0 aliphatic heterocycles. The van der Waals surface area contributed by atoms with Crippen molar-refractivity contribution < 1.29 is 14.3 Å². The summed E-state index contributed by atoms with van der Waals surface area (Å²) in [5.41, 5.74) is 0.534. The van der Waals surface area contributed by atoms with Gasteiger partial charge < -0.3 is 15.3 Å². The molecule has 21 heavy (non-hydrogen) atoms. The van der Waals surface area contributed by atoms with E-state index >= 15 is 0 Å². The van der Waals surface area contributed by atoms with Gasteiger partial charge in [-0.2, -0.15) is 0 Å². The number of nitrogens with zero attached hydrogens (tertiary/aromatic N) is 1. The Hall–Kier alpha value is -1.90. The predicted octanol–water partition coefficient (Wildman–Crippen LogP) is 1.24. The van der Waals surface area contributed by atoms with E-state index in [-0.39, 0.29) is 18.2 Å². The molecule has 1 aromatic rings. The summed E-state index contributed by atoms with van der Waals surface area (Å²) in [4.78, 5) is 14.0. The van der Waals surface area contributed by atoms with E-state index in [4.69, 9.17) is 5.11 Å². The van der Waals surface area contributed by atoms with Crippen LogP contribution in [-0.4, -0.2) is 49.2 Å². The smallest absolute Gasteiger partial charge is 0.254 e. The summed E-state index contributed by atoms with van der Waals surface area (Å²) in [5, 5.41) is 11.4. The topological polar surface area (TPSA) is 52.6 Å². The number of likely N-dealkylation sites (N-methyl/N-ethyl adjacent to an activating group) is 1. The first-order chi connectivity index (χ1) is 9.93. The van der Waals surface area contributed by atoms with Gasteiger partial charge in [-0.3, -0.25) is 4.79 Å². The van der Waals surface area contributed by atoms with Crippen molar-refractivity contribution in [3.63, 3.8) is 0 Å². The Kier molecular flexibility index (Phi) is 6.86. The van der Waals surface area contributed by atoms with Crippen LogP contribution in [0.2, 0.25) is 0 Å². The standard InChI is InChI=1S/C16H21FN2O2/c1-12(11-19(2)3)18-16(21)14-10-13(6-4-5-9-20)7-8-15(14)17/h7-8,10,12,20H,5,9,11H2,1-3H3,(H,18,21). The number of benzene rings is 1. The van der Waals surface area contributed by atoms with Crippen molar-refractivity contribution in [2.24, 2.45) is 0 Å². The minimum absolute atomic E-state index is 0.0172. The van der Waals surface area contributed by atoms with Gasteiger partial charge in [0.05, 0.1) is 12.2 Å². The van der Waals surface area contributed by atoms with Gasteiger partial charge >= 0.3 is 0 Å². The molecule has 0 aliphatic rings. The zero-order valence-electron chi connectivity index (χ0n) is 12.6. The number of carbonyl (C=O) groups is 1. The zero-order chi connectivity index (χ0) is 15.8. The Labute approximate surface area is 125 Å². The van der Waals surface area contributed by atoms with Gasteiger partial charge in [0.2, 0.25) is 0 Å². The highest BCUT2D eigenvalue weighted by atomic mass is 19.1. The summed E-state index contributed by atoms with van der Waals surface area (Å²) in [7, 11) is 3.81. The maximum absolute atomic E-state index is 13.8. The largest absolute Gasteiger partial charge is 0.395 e. The first kappa shape index (κ1) is 17.2. The molecule has 4 nitrogen and oxygen atoms in total. The molecule has 0 spiro atoms. The Morgan fingerprint density at radius 1 is 1.48 bits per heavy atom. The molecule has 0 saturated carbocycles. The molecule has 1 aromatic carbocycles. The van der Waals surface area contributed by atoms with E-state index in [1.165, 1.54) is 18.2 Å². The molecule has 0 radical (unpaired) electrons. The van der Waals surface area contributed by atoms with Crippen molar-refractivity contribution in [3.05, 3.63) is 35.1 Å². The van der Waals surface area contributed by atoms with E-state index in [1.807, 2.05) is 25.9 Å². The van der Waals surface area contributed by atoms with Gasteiger partial charge in [0.15, 0.2) is 0 Å². The van der Waals surface area contributed by atoms with Gasteiger partial charge in [0.25, 0.3) is 5.91 Å². The lowest BCUT2D eigenvalue weighted by Gasteiger charge is -2.18. The van der Waals surface area contributed by atoms with Gasteiger partial charge in [-0.25, -0.2) is 4.39 Å². The van der Waals surface area contributed by atoms with Crippen LogP contribution in [0.1, 0.15) is 29.3 Å². The van der Waals surface area contributed by atoms with Crippen molar-refractivity contribution in [1.29, 1.82) is 0 Å². The fourth-order valence-electron chi connectivity index (χ4n) is 1.89. The summed E-state index contributed by atoms with van der Waals surface area (Å²) in [6, 6.07) is 4.09. The summed E-state index contributed by atoms with van der Waals surface area (Å²) in [6.45, 7) is 2.51. The molecule has 1 unspecified atom stereocenters. The van der Waals surface area contributed by atoms with E-state index in [0.717, 1.165) is 0 Å². The third-order valence-corrected chi connectivity index (χ3v) is 2.70. The maximum atomic E-state index is 13.8. The summed E-state index contributed by atoms with van der Waals surface area (Å²) in [6.07, 6.45) is 0.346. The minimum atomic E-state index is -0.572. The lowest BCUT2D eigenvalue weighted by Crippen LogP contribution is -2.39. The lowest BCUT2D eigenvalue weighted by atomic mass is 10.1. The maximum Gasteiger partial charge on any atom is 0.254 e. The second kappa shape index (κ2) is 8.40. The Balaban J connectivity index is 2.84. The van der Waals surface area contributed by atoms with E-state index in [2.05, 4.69) is 17.2 Å². The van der Waals surface area contributed by atoms with Crippen molar-refractivity contribution >= 4 is 5.91 Å². The van der Waals surface area contributed by atoms with Crippen LogP contribution in [0, 0.1) is 17.7 Å². The van der Waals surface area contributed by atoms with Crippen molar-refractivity contribution in [3.8, 4) is 11.8 Å². The highest BCUT2D eigenvalue weighted by Gasteiger charge is 2.14. The SMILES string of the molecule is CC(CN(C)C)NC(=O)c1cc(C#CCCO)ccc1F. The van der Waals surface area contributed by atoms with Gasteiger partial charge in [-0.15, -0.1) is 0 Å². The van der Waals surface area contributed by atoms with Gasteiger partial charge in [-0.05, 0) is 39.2 Å². The molecular weight excluding hydrogens is 271 g/mol. The van der Waals surface area contributed by atoms with Gasteiger partial charge in [0.1, 0.15) is 5.82 Å². The third kappa shape index (κ3) is 5.94. The highest BCUT2D eigenvalue weighted by molar-refractivity contribution is 5.95. The van der Waals surface area contributed by atoms with Gasteiger partial charge in [-0.1, -0.05) is 11.8 Å². The van der Waals surface area contributed by atoms with Crippen LogP contribution in [-0.2, 0) is 0 Å². The first-order valence-corrected chi connectivity index (χ1v) is 6.79. The monoisotopic (exact) mass is 292 g/mol. The number of rotatable bonds is 5. The number of amides is 1.